The van der Waals surface area contributed by atoms with Crippen LogP contribution in [0.4, 0.5) is 0 Å². The lowest BCUT2D eigenvalue weighted by molar-refractivity contribution is -0.142. The predicted molar refractivity (Wildman–Crippen MR) is 98.2 cm³/mol. The van der Waals surface area contributed by atoms with E-state index >= 15 is 0 Å². The quantitative estimate of drug-likeness (QED) is 0.881. The Morgan fingerprint density at radius 2 is 1.87 bits per heavy atom. The van der Waals surface area contributed by atoms with Crippen molar-refractivity contribution >= 4 is 30.7 Å². The minimum absolute atomic E-state index is 0. The van der Waals surface area contributed by atoms with Gasteiger partial charge in [0.05, 0.1) is 0 Å². The minimum Gasteiger partial charge on any atom is -0.335 e. The number of amides is 1. The number of carbonyl (C=O) groups is 1. The summed E-state index contributed by atoms with van der Waals surface area (Å²) in [6.07, 6.45) is 2.45. The fourth-order valence-electron chi connectivity index (χ4n) is 3.68. The number of hydrogen-bond donors (Lipinski definition) is 1. The number of hydrogen-bond acceptors (Lipinski definition) is 3. The zero-order chi connectivity index (χ0) is 15.0. The molecule has 3 unspecified atom stereocenters. The second-order valence-electron chi connectivity index (χ2n) is 6.67. The van der Waals surface area contributed by atoms with Crippen molar-refractivity contribution in [1.82, 2.24) is 9.80 Å². The van der Waals surface area contributed by atoms with Crippen molar-refractivity contribution in [2.45, 2.75) is 44.3 Å². The monoisotopic (exact) mass is 359 g/mol. The van der Waals surface area contributed by atoms with E-state index < -0.39 is 5.54 Å². The lowest BCUT2D eigenvalue weighted by Gasteiger charge is -2.45. The average Bonchev–Trinajstić information content (AvgIpc) is 2.93. The lowest BCUT2D eigenvalue weighted by Crippen LogP contribution is -2.62. The van der Waals surface area contributed by atoms with Crippen LogP contribution < -0.4 is 5.73 Å². The van der Waals surface area contributed by atoms with E-state index in [1.807, 2.05) is 42.2 Å². The van der Waals surface area contributed by atoms with Crippen molar-refractivity contribution in [2.75, 3.05) is 19.6 Å². The molecule has 3 atom stereocenters. The van der Waals surface area contributed by atoms with Crippen LogP contribution in [-0.2, 0) is 10.3 Å². The van der Waals surface area contributed by atoms with Crippen LogP contribution in [0, 0.1) is 0 Å². The van der Waals surface area contributed by atoms with Crippen LogP contribution >= 0.6 is 24.8 Å². The van der Waals surface area contributed by atoms with Gasteiger partial charge in [-0.1, -0.05) is 30.3 Å². The Morgan fingerprint density at radius 1 is 1.22 bits per heavy atom. The zero-order valence-electron chi connectivity index (χ0n) is 13.8. The number of piperazine rings is 1. The van der Waals surface area contributed by atoms with Gasteiger partial charge in [0.2, 0.25) is 5.91 Å². The van der Waals surface area contributed by atoms with Gasteiger partial charge in [-0.25, -0.2) is 0 Å². The summed E-state index contributed by atoms with van der Waals surface area (Å²) >= 11 is 0. The Hall–Kier alpha value is -0.810. The predicted octanol–water partition coefficient (Wildman–Crippen LogP) is 2.40. The highest BCUT2D eigenvalue weighted by molar-refractivity contribution is 5.87. The molecule has 1 aromatic carbocycles. The first kappa shape index (κ1) is 20.2. The highest BCUT2D eigenvalue weighted by atomic mass is 35.5. The van der Waals surface area contributed by atoms with Gasteiger partial charge in [0.25, 0.3) is 0 Å². The summed E-state index contributed by atoms with van der Waals surface area (Å²) < 4.78 is 0. The van der Waals surface area contributed by atoms with Gasteiger partial charge in [-0.2, -0.15) is 0 Å². The highest BCUT2D eigenvalue weighted by Crippen LogP contribution is 2.28. The summed E-state index contributed by atoms with van der Waals surface area (Å²) in [7, 11) is 0. The van der Waals surface area contributed by atoms with Crippen molar-refractivity contribution < 1.29 is 4.79 Å². The molecule has 130 valence electrons. The molecular weight excluding hydrogens is 333 g/mol. The molecule has 0 spiro atoms. The van der Waals surface area contributed by atoms with E-state index in [0.29, 0.717) is 6.04 Å². The van der Waals surface area contributed by atoms with E-state index in [9.17, 15) is 4.79 Å². The second kappa shape index (κ2) is 7.84. The molecule has 1 aromatic rings. The average molecular weight is 360 g/mol. The van der Waals surface area contributed by atoms with Crippen LogP contribution in [-0.4, -0.2) is 47.4 Å². The van der Waals surface area contributed by atoms with Crippen molar-refractivity contribution in [3.63, 3.8) is 0 Å². The van der Waals surface area contributed by atoms with Crippen LogP contribution in [0.5, 0.6) is 0 Å². The maximum atomic E-state index is 13.0. The molecule has 0 saturated carbocycles. The Bertz CT molecular complexity index is 524. The molecule has 0 aromatic heterocycles. The molecule has 4 nitrogen and oxygen atoms in total. The summed E-state index contributed by atoms with van der Waals surface area (Å²) in [5.74, 6) is 0.0488. The van der Waals surface area contributed by atoms with Crippen molar-refractivity contribution in [3.8, 4) is 0 Å². The number of fused-ring (bicyclic) bond motifs is 1. The summed E-state index contributed by atoms with van der Waals surface area (Å²) in [6, 6.07) is 10.5. The van der Waals surface area contributed by atoms with E-state index in [0.717, 1.165) is 18.7 Å². The van der Waals surface area contributed by atoms with Gasteiger partial charge in [0.1, 0.15) is 5.54 Å². The first-order valence-electron chi connectivity index (χ1n) is 7.89. The van der Waals surface area contributed by atoms with Gasteiger partial charge in [0, 0.05) is 25.2 Å². The van der Waals surface area contributed by atoms with Crippen LogP contribution in [0.1, 0.15) is 32.3 Å². The van der Waals surface area contributed by atoms with Gasteiger partial charge in [-0.15, -0.1) is 24.8 Å². The number of nitrogens with two attached hydrogens (primary N) is 1. The van der Waals surface area contributed by atoms with Gasteiger partial charge in [-0.3, -0.25) is 9.69 Å². The van der Waals surface area contributed by atoms with E-state index in [1.165, 1.54) is 19.4 Å². The minimum atomic E-state index is -0.948. The first-order chi connectivity index (χ1) is 10.00. The molecule has 1 amide bonds. The SMILES string of the molecule is CC1CN2CCCC2CN1C(=O)C(C)(N)c1ccccc1.Cl.Cl. The molecule has 2 aliphatic heterocycles. The van der Waals surface area contributed by atoms with Crippen LogP contribution in [0.3, 0.4) is 0 Å². The Balaban J connectivity index is 0.00000132. The van der Waals surface area contributed by atoms with Crippen LogP contribution in [0.15, 0.2) is 30.3 Å². The maximum absolute atomic E-state index is 13.0. The van der Waals surface area contributed by atoms with E-state index in [-0.39, 0.29) is 36.8 Å². The second-order valence-corrected chi connectivity index (χ2v) is 6.67. The van der Waals surface area contributed by atoms with Crippen molar-refractivity contribution in [2.24, 2.45) is 5.73 Å². The molecule has 2 N–H and O–H groups in total. The maximum Gasteiger partial charge on any atom is 0.247 e. The largest absolute Gasteiger partial charge is 0.335 e. The first-order valence-corrected chi connectivity index (χ1v) is 7.89. The molecule has 2 fully saturated rings. The lowest BCUT2D eigenvalue weighted by atomic mass is 9.90. The normalized spacial score (nSPS) is 26.5. The van der Waals surface area contributed by atoms with E-state index in [2.05, 4.69) is 11.8 Å². The molecule has 6 heteroatoms. The molecule has 2 saturated heterocycles. The third kappa shape index (κ3) is 3.82. The summed E-state index contributed by atoms with van der Waals surface area (Å²) in [5, 5.41) is 0. The third-order valence-electron chi connectivity index (χ3n) is 5.02. The fraction of sp³-hybridized carbons (Fsp3) is 0.588. The van der Waals surface area contributed by atoms with E-state index in [4.69, 9.17) is 5.73 Å². The molecule has 0 radical (unpaired) electrons. The van der Waals surface area contributed by atoms with Gasteiger partial charge >= 0.3 is 0 Å². The standard InChI is InChI=1S/C17H25N3O.2ClH/c1-13-11-19-10-6-9-15(19)12-20(13)16(21)17(2,18)14-7-4-3-5-8-14;;/h3-5,7-8,13,15H,6,9-12,18H2,1-2H3;2*1H. The van der Waals surface area contributed by atoms with Gasteiger partial charge in [0.15, 0.2) is 0 Å². The molecule has 2 heterocycles. The van der Waals surface area contributed by atoms with Crippen molar-refractivity contribution in [1.29, 1.82) is 0 Å². The summed E-state index contributed by atoms with van der Waals surface area (Å²) in [5.41, 5.74) is 6.34. The van der Waals surface area contributed by atoms with Crippen LogP contribution in [0.2, 0.25) is 0 Å². The topological polar surface area (TPSA) is 49.6 Å². The fourth-order valence-corrected chi connectivity index (χ4v) is 3.68. The number of carbonyl (C=O) groups excluding carboxylic acids is 1. The molecule has 0 bridgehead atoms. The van der Waals surface area contributed by atoms with Gasteiger partial charge < -0.3 is 10.6 Å². The number of benzene rings is 1. The zero-order valence-corrected chi connectivity index (χ0v) is 15.4. The number of halogens is 2. The molecule has 2 aliphatic rings. The third-order valence-corrected chi connectivity index (χ3v) is 5.02. The van der Waals surface area contributed by atoms with Crippen LogP contribution in [0.25, 0.3) is 0 Å². The van der Waals surface area contributed by atoms with Gasteiger partial charge in [-0.05, 0) is 38.8 Å². The molecule has 0 aliphatic carbocycles. The molecular formula is C17H27Cl2N3O. The molecule has 3 rings (SSSR count). The number of nitrogens with zero attached hydrogens (tertiary/aromatic N) is 2. The Labute approximate surface area is 151 Å². The summed E-state index contributed by atoms with van der Waals surface area (Å²) in [4.78, 5) is 17.5. The molecule has 23 heavy (non-hydrogen) atoms. The smallest absolute Gasteiger partial charge is 0.247 e. The summed E-state index contributed by atoms with van der Waals surface area (Å²) in [6.45, 7) is 6.93. The Morgan fingerprint density at radius 3 is 2.52 bits per heavy atom. The number of rotatable bonds is 2. The van der Waals surface area contributed by atoms with E-state index in [1.54, 1.807) is 0 Å². The van der Waals surface area contributed by atoms with Crippen molar-refractivity contribution in [3.05, 3.63) is 35.9 Å². The Kier molecular flexibility index (Phi) is 6.90. The highest BCUT2D eigenvalue weighted by Gasteiger charge is 2.42.